The highest BCUT2D eigenvalue weighted by atomic mass is 35.5. The van der Waals surface area contributed by atoms with Gasteiger partial charge in [-0.1, -0.05) is 62.2 Å². The van der Waals surface area contributed by atoms with E-state index in [0.717, 1.165) is 22.7 Å². The first-order chi connectivity index (χ1) is 20.2. The van der Waals surface area contributed by atoms with Gasteiger partial charge in [-0.05, 0) is 54.8 Å². The topological polar surface area (TPSA) is 105 Å². The number of carbonyl (C=O) groups is 2. The highest BCUT2D eigenvalue weighted by molar-refractivity contribution is 7.92. The Morgan fingerprint density at radius 3 is 2.24 bits per heavy atom. The van der Waals surface area contributed by atoms with Crippen molar-refractivity contribution in [2.45, 2.75) is 50.6 Å². The van der Waals surface area contributed by atoms with Gasteiger partial charge in [-0.2, -0.15) is 0 Å². The van der Waals surface area contributed by atoms with Crippen LogP contribution in [0.15, 0.2) is 77.7 Å². The molecular weight excluding hydrogens is 578 g/mol. The number of ether oxygens (including phenoxy) is 2. The molecule has 0 bridgehead atoms. The average molecular weight is 616 g/mol. The molecule has 0 aliphatic rings. The largest absolute Gasteiger partial charge is 0.497 e. The molecule has 1 atom stereocenters. The summed E-state index contributed by atoms with van der Waals surface area (Å²) >= 11 is 6.08. The Morgan fingerprint density at radius 1 is 0.952 bits per heavy atom. The second kappa shape index (κ2) is 15.5. The molecule has 0 aliphatic heterocycles. The Hall–Kier alpha value is -3.76. The fraction of sp³-hybridized carbons (Fsp3) is 0.355. The van der Waals surface area contributed by atoms with Gasteiger partial charge in [-0.15, -0.1) is 0 Å². The molecule has 0 fully saturated rings. The molecule has 1 N–H and O–H groups in total. The number of carbonyl (C=O) groups excluding carboxylic acids is 2. The van der Waals surface area contributed by atoms with Crippen molar-refractivity contribution in [2.75, 3.05) is 31.6 Å². The van der Waals surface area contributed by atoms with Gasteiger partial charge in [0.25, 0.3) is 10.0 Å². The Bertz CT molecular complexity index is 1430. The minimum Gasteiger partial charge on any atom is -0.497 e. The van der Waals surface area contributed by atoms with Gasteiger partial charge in [-0.25, -0.2) is 8.42 Å². The zero-order valence-corrected chi connectivity index (χ0v) is 26.0. The molecule has 0 aromatic heterocycles. The minimum atomic E-state index is -4.26. The van der Waals surface area contributed by atoms with Crippen LogP contribution in [-0.4, -0.2) is 58.5 Å². The van der Waals surface area contributed by atoms with E-state index in [1.54, 1.807) is 54.6 Å². The number of sulfonamides is 1. The maximum Gasteiger partial charge on any atom is 0.264 e. The SMILES string of the molecule is CCCCNC(=O)[C@H](CC)N(Cc1ccc(Cl)cc1)C(=O)CN(c1cc(OC)ccc1OC)S(=O)(=O)c1ccccc1. The Morgan fingerprint density at radius 2 is 1.64 bits per heavy atom. The summed E-state index contributed by atoms with van der Waals surface area (Å²) in [5.74, 6) is -0.250. The molecule has 0 spiro atoms. The highest BCUT2D eigenvalue weighted by Gasteiger charge is 2.35. The van der Waals surface area contributed by atoms with Crippen LogP contribution in [0.2, 0.25) is 5.02 Å². The summed E-state index contributed by atoms with van der Waals surface area (Å²) in [7, 11) is -1.38. The van der Waals surface area contributed by atoms with Crippen LogP contribution in [0.25, 0.3) is 0 Å². The molecule has 0 aliphatic carbocycles. The summed E-state index contributed by atoms with van der Waals surface area (Å²) in [5, 5.41) is 3.45. The molecule has 0 heterocycles. The van der Waals surface area contributed by atoms with E-state index in [2.05, 4.69) is 5.32 Å². The summed E-state index contributed by atoms with van der Waals surface area (Å²) in [6.07, 6.45) is 2.02. The fourth-order valence-corrected chi connectivity index (χ4v) is 6.00. The first kappa shape index (κ1) is 32.8. The maximum atomic E-state index is 14.2. The Balaban J connectivity index is 2.10. The van der Waals surface area contributed by atoms with Crippen molar-refractivity contribution in [2.24, 2.45) is 0 Å². The van der Waals surface area contributed by atoms with Gasteiger partial charge in [0.15, 0.2) is 0 Å². The lowest BCUT2D eigenvalue weighted by Crippen LogP contribution is -2.52. The van der Waals surface area contributed by atoms with Crippen LogP contribution in [0, 0.1) is 0 Å². The van der Waals surface area contributed by atoms with Gasteiger partial charge in [-0.3, -0.25) is 13.9 Å². The predicted molar refractivity (Wildman–Crippen MR) is 165 cm³/mol. The molecular formula is C31H38ClN3O6S. The quantitative estimate of drug-likeness (QED) is 0.233. The van der Waals surface area contributed by atoms with Crippen molar-refractivity contribution < 1.29 is 27.5 Å². The van der Waals surface area contributed by atoms with Crippen LogP contribution in [0.3, 0.4) is 0 Å². The normalized spacial score (nSPS) is 11.8. The molecule has 3 aromatic rings. The highest BCUT2D eigenvalue weighted by Crippen LogP contribution is 2.36. The number of amides is 2. The molecule has 0 saturated heterocycles. The van der Waals surface area contributed by atoms with Crippen molar-refractivity contribution in [1.29, 1.82) is 0 Å². The molecule has 11 heteroatoms. The molecule has 0 unspecified atom stereocenters. The second-order valence-corrected chi connectivity index (χ2v) is 11.9. The standard InChI is InChI=1S/C31H38ClN3O6S/c1-5-7-19-33-31(37)27(6-2)34(21-23-13-15-24(32)16-14-23)30(36)22-35(42(38,39)26-11-9-8-10-12-26)28-20-25(40-3)17-18-29(28)41-4/h8-18,20,27H,5-7,19,21-22H2,1-4H3,(H,33,37)/t27-/m0/s1. The van der Waals surface area contributed by atoms with E-state index in [1.165, 1.54) is 37.3 Å². The van der Waals surface area contributed by atoms with Crippen molar-refractivity contribution in [3.8, 4) is 11.5 Å². The summed E-state index contributed by atoms with van der Waals surface area (Å²) in [6.45, 7) is 3.80. The van der Waals surface area contributed by atoms with E-state index >= 15 is 0 Å². The maximum absolute atomic E-state index is 14.2. The fourth-order valence-electron chi connectivity index (χ4n) is 4.44. The molecule has 3 aromatic carbocycles. The third kappa shape index (κ3) is 8.17. The van der Waals surface area contributed by atoms with Crippen LogP contribution in [0.5, 0.6) is 11.5 Å². The van der Waals surface area contributed by atoms with E-state index in [9.17, 15) is 18.0 Å². The van der Waals surface area contributed by atoms with Crippen molar-refractivity contribution in [3.05, 3.63) is 83.4 Å². The number of methoxy groups -OCH3 is 2. The first-order valence-electron chi connectivity index (χ1n) is 13.8. The van der Waals surface area contributed by atoms with Gasteiger partial charge in [0.1, 0.15) is 24.1 Å². The number of rotatable bonds is 15. The number of anilines is 1. The molecule has 0 saturated carbocycles. The summed E-state index contributed by atoms with van der Waals surface area (Å²) in [5.41, 5.74) is 0.866. The lowest BCUT2D eigenvalue weighted by atomic mass is 10.1. The number of unbranched alkanes of at least 4 members (excludes halogenated alkanes) is 1. The van der Waals surface area contributed by atoms with Crippen LogP contribution in [-0.2, 0) is 26.2 Å². The smallest absolute Gasteiger partial charge is 0.264 e. The van der Waals surface area contributed by atoms with E-state index in [0.29, 0.717) is 23.7 Å². The molecule has 9 nitrogen and oxygen atoms in total. The lowest BCUT2D eigenvalue weighted by Gasteiger charge is -2.33. The third-order valence-electron chi connectivity index (χ3n) is 6.75. The summed E-state index contributed by atoms with van der Waals surface area (Å²) in [4.78, 5) is 28.9. The minimum absolute atomic E-state index is 0.00345. The Kier molecular flexibility index (Phi) is 12.1. The van der Waals surface area contributed by atoms with Crippen LogP contribution in [0.4, 0.5) is 5.69 Å². The number of nitrogens with zero attached hydrogens (tertiary/aromatic N) is 2. The van der Waals surface area contributed by atoms with Gasteiger partial charge < -0.3 is 19.7 Å². The molecule has 2 amide bonds. The van der Waals surface area contributed by atoms with Crippen LogP contribution in [0.1, 0.15) is 38.7 Å². The predicted octanol–water partition coefficient (Wildman–Crippen LogP) is 5.28. The van der Waals surface area contributed by atoms with Crippen LogP contribution >= 0.6 is 11.6 Å². The van der Waals surface area contributed by atoms with Crippen molar-refractivity contribution in [3.63, 3.8) is 0 Å². The van der Waals surface area contributed by atoms with Gasteiger partial charge in [0.05, 0.1) is 24.8 Å². The molecule has 42 heavy (non-hydrogen) atoms. The lowest BCUT2D eigenvalue weighted by molar-refractivity contribution is -0.140. The van der Waals surface area contributed by atoms with E-state index in [4.69, 9.17) is 21.1 Å². The number of nitrogens with one attached hydrogen (secondary N) is 1. The van der Waals surface area contributed by atoms with Crippen LogP contribution < -0.4 is 19.1 Å². The van der Waals surface area contributed by atoms with E-state index in [-0.39, 0.29) is 28.8 Å². The van der Waals surface area contributed by atoms with Gasteiger partial charge in [0.2, 0.25) is 11.8 Å². The molecule has 0 radical (unpaired) electrons. The van der Waals surface area contributed by atoms with Gasteiger partial charge >= 0.3 is 0 Å². The molecule has 3 rings (SSSR count). The summed E-state index contributed by atoms with van der Waals surface area (Å²) < 4.78 is 40.0. The zero-order valence-electron chi connectivity index (χ0n) is 24.4. The monoisotopic (exact) mass is 615 g/mol. The number of benzene rings is 3. The Labute approximate surface area is 253 Å². The van der Waals surface area contributed by atoms with E-state index in [1.807, 2.05) is 13.8 Å². The number of halogens is 1. The zero-order chi connectivity index (χ0) is 30.7. The van der Waals surface area contributed by atoms with Crippen molar-refractivity contribution >= 4 is 39.1 Å². The summed E-state index contributed by atoms with van der Waals surface area (Å²) in [6, 6.07) is 18.7. The number of hydrogen-bond acceptors (Lipinski definition) is 6. The van der Waals surface area contributed by atoms with E-state index < -0.39 is 28.5 Å². The second-order valence-electron chi connectivity index (χ2n) is 9.58. The molecule has 226 valence electrons. The van der Waals surface area contributed by atoms with Gasteiger partial charge in [0, 0.05) is 24.2 Å². The first-order valence-corrected chi connectivity index (χ1v) is 15.6. The number of hydrogen-bond donors (Lipinski definition) is 1. The van der Waals surface area contributed by atoms with Crippen molar-refractivity contribution in [1.82, 2.24) is 10.2 Å². The average Bonchev–Trinajstić information content (AvgIpc) is 3.00. The third-order valence-corrected chi connectivity index (χ3v) is 8.77.